The number of nitrogens with zero attached hydrogens (tertiary/aromatic N) is 6. The van der Waals surface area contributed by atoms with Crippen LogP contribution in [0, 0.1) is 11.3 Å². The minimum atomic E-state index is -4.48. The molecule has 0 aliphatic carbocycles. The normalized spacial score (nSPS) is 13.7. The van der Waals surface area contributed by atoms with Gasteiger partial charge in [-0.3, -0.25) is 14.5 Å². The van der Waals surface area contributed by atoms with Crippen LogP contribution in [0.15, 0.2) is 91.1 Å². The maximum absolute atomic E-state index is 13.5. The second-order valence-corrected chi connectivity index (χ2v) is 11.6. The zero-order chi connectivity index (χ0) is 34.0. The van der Waals surface area contributed by atoms with Gasteiger partial charge in [-0.2, -0.15) is 18.4 Å². The van der Waals surface area contributed by atoms with Crippen LogP contribution in [0.25, 0.3) is 10.9 Å². The number of aryl methyl sites for hydroxylation is 1. The molecule has 6 rings (SSSR count). The Morgan fingerprint density at radius 1 is 0.938 bits per heavy atom. The van der Waals surface area contributed by atoms with E-state index in [1.807, 2.05) is 59.0 Å². The minimum absolute atomic E-state index is 0.0404. The van der Waals surface area contributed by atoms with Gasteiger partial charge in [-0.15, -0.1) is 0 Å². The molecule has 12 heteroatoms. The Bertz CT molecular complexity index is 1990. The molecule has 48 heavy (non-hydrogen) atoms. The zero-order valence-electron chi connectivity index (χ0n) is 26.2. The van der Waals surface area contributed by atoms with Gasteiger partial charge in [0, 0.05) is 69.9 Å². The number of carbonyl (C=O) groups is 2. The van der Waals surface area contributed by atoms with Crippen LogP contribution in [0.2, 0.25) is 0 Å². The van der Waals surface area contributed by atoms with Crippen LogP contribution < -0.4 is 9.64 Å². The molecule has 0 unspecified atom stereocenters. The SMILES string of the molecule is CN(C(=O)c1ccc(C(F)(F)F)cc1)c1ccc(Oc2ccc3cc(C(=O)N4CCN(Cc5ccc(C#N)cc5)CC4)n(C)c3c2)nc1. The van der Waals surface area contributed by atoms with Crippen molar-refractivity contribution in [2.45, 2.75) is 12.7 Å². The number of alkyl halides is 3. The molecule has 1 aliphatic heterocycles. The maximum atomic E-state index is 13.5. The lowest BCUT2D eigenvalue weighted by molar-refractivity contribution is -0.137. The van der Waals surface area contributed by atoms with E-state index >= 15 is 0 Å². The molecule has 2 aromatic heterocycles. The highest BCUT2D eigenvalue weighted by Gasteiger charge is 2.30. The molecule has 0 N–H and O–H groups in total. The van der Waals surface area contributed by atoms with Gasteiger partial charge in [-0.05, 0) is 66.2 Å². The van der Waals surface area contributed by atoms with Gasteiger partial charge in [0.05, 0.1) is 34.6 Å². The summed E-state index contributed by atoms with van der Waals surface area (Å²) in [6.07, 6.45) is -3.04. The third kappa shape index (κ3) is 6.86. The Balaban J connectivity index is 1.07. The second kappa shape index (κ2) is 13.2. The number of amides is 2. The van der Waals surface area contributed by atoms with E-state index < -0.39 is 17.6 Å². The Labute approximate surface area is 275 Å². The third-order valence-corrected chi connectivity index (χ3v) is 8.48. The van der Waals surface area contributed by atoms with Crippen LogP contribution >= 0.6 is 0 Å². The standard InChI is InChI=1S/C36H31F3N6O3/c1-42(34(46)26-7-10-28(11-8-26)36(37,38)39)29-12-14-33(41-22-29)48-30-13-9-27-19-32(43(2)31(27)20-30)35(47)45-17-15-44(16-18-45)23-25-5-3-24(21-40)4-6-25/h3-14,19-20,22H,15-18,23H2,1-2H3. The predicted molar refractivity (Wildman–Crippen MR) is 174 cm³/mol. The Kier molecular flexibility index (Phi) is 8.88. The fraction of sp³-hybridized carbons (Fsp3) is 0.222. The summed E-state index contributed by atoms with van der Waals surface area (Å²) in [6.45, 7) is 3.48. The van der Waals surface area contributed by atoms with Gasteiger partial charge in [0.2, 0.25) is 5.88 Å². The number of hydrogen-bond donors (Lipinski definition) is 0. The van der Waals surface area contributed by atoms with Gasteiger partial charge in [-0.25, -0.2) is 4.98 Å². The summed E-state index contributed by atoms with van der Waals surface area (Å²) in [5.41, 5.74) is 2.87. The lowest BCUT2D eigenvalue weighted by Crippen LogP contribution is -2.48. The van der Waals surface area contributed by atoms with Gasteiger partial charge in [-0.1, -0.05) is 12.1 Å². The molecular formula is C36H31F3N6O3. The van der Waals surface area contributed by atoms with E-state index in [4.69, 9.17) is 10.00 Å². The molecule has 1 saturated heterocycles. The fourth-order valence-electron chi connectivity index (χ4n) is 5.66. The second-order valence-electron chi connectivity index (χ2n) is 11.6. The molecule has 0 spiro atoms. The van der Waals surface area contributed by atoms with Gasteiger partial charge >= 0.3 is 6.18 Å². The Morgan fingerprint density at radius 3 is 2.27 bits per heavy atom. The number of ether oxygens (including phenoxy) is 1. The van der Waals surface area contributed by atoms with Crippen molar-refractivity contribution >= 4 is 28.4 Å². The van der Waals surface area contributed by atoms with Crippen LogP contribution in [0.1, 0.15) is 37.5 Å². The van der Waals surface area contributed by atoms with Crippen LogP contribution in [-0.2, 0) is 19.8 Å². The molecule has 3 aromatic carbocycles. The smallest absolute Gasteiger partial charge is 0.416 e. The predicted octanol–water partition coefficient (Wildman–Crippen LogP) is 6.49. The van der Waals surface area contributed by atoms with E-state index in [0.717, 1.165) is 60.4 Å². The van der Waals surface area contributed by atoms with Crippen LogP contribution in [0.5, 0.6) is 11.6 Å². The molecule has 1 aliphatic rings. The number of benzene rings is 3. The number of carbonyl (C=O) groups excluding carboxylic acids is 2. The molecule has 2 amide bonds. The first-order valence-corrected chi connectivity index (χ1v) is 15.2. The van der Waals surface area contributed by atoms with Crippen LogP contribution in [0.3, 0.4) is 0 Å². The lowest BCUT2D eigenvalue weighted by Gasteiger charge is -2.34. The maximum Gasteiger partial charge on any atom is 0.416 e. The summed E-state index contributed by atoms with van der Waals surface area (Å²) >= 11 is 0. The van der Waals surface area contributed by atoms with Crippen molar-refractivity contribution < 1.29 is 27.5 Å². The summed E-state index contributed by atoms with van der Waals surface area (Å²) in [5, 5.41) is 9.90. The van der Waals surface area contributed by atoms with E-state index in [2.05, 4.69) is 16.0 Å². The van der Waals surface area contributed by atoms with Gasteiger partial charge < -0.3 is 19.1 Å². The van der Waals surface area contributed by atoms with Crippen molar-refractivity contribution in [2.24, 2.45) is 7.05 Å². The molecule has 244 valence electrons. The first-order chi connectivity index (χ1) is 23.0. The van der Waals surface area contributed by atoms with Crippen molar-refractivity contribution in [3.05, 3.63) is 119 Å². The van der Waals surface area contributed by atoms with Crippen LogP contribution in [-0.4, -0.2) is 64.4 Å². The molecule has 9 nitrogen and oxygen atoms in total. The number of hydrogen-bond acceptors (Lipinski definition) is 6. The average Bonchev–Trinajstić information content (AvgIpc) is 3.43. The molecule has 0 radical (unpaired) electrons. The van der Waals surface area contributed by atoms with Crippen molar-refractivity contribution in [3.8, 4) is 17.7 Å². The quantitative estimate of drug-likeness (QED) is 0.200. The molecule has 1 fully saturated rings. The van der Waals surface area contributed by atoms with E-state index in [0.29, 0.717) is 35.8 Å². The van der Waals surface area contributed by atoms with E-state index in [9.17, 15) is 22.8 Å². The number of aromatic nitrogens is 2. The van der Waals surface area contributed by atoms with Crippen LogP contribution in [0.4, 0.5) is 18.9 Å². The first kappa shape index (κ1) is 32.3. The summed E-state index contributed by atoms with van der Waals surface area (Å²) in [6, 6.07) is 24.3. The summed E-state index contributed by atoms with van der Waals surface area (Å²) in [5.74, 6) is 0.261. The van der Waals surface area contributed by atoms with Crippen molar-refractivity contribution in [2.75, 3.05) is 38.1 Å². The van der Waals surface area contributed by atoms with Crippen molar-refractivity contribution in [1.29, 1.82) is 5.26 Å². The molecule has 0 bridgehead atoms. The number of rotatable bonds is 7. The minimum Gasteiger partial charge on any atom is -0.439 e. The molecule has 3 heterocycles. The van der Waals surface area contributed by atoms with E-state index in [-0.39, 0.29) is 17.4 Å². The highest BCUT2D eigenvalue weighted by Crippen LogP contribution is 2.30. The molecular weight excluding hydrogens is 621 g/mol. The summed E-state index contributed by atoms with van der Waals surface area (Å²) < 4.78 is 46.5. The molecule has 0 saturated carbocycles. The van der Waals surface area contributed by atoms with Crippen molar-refractivity contribution in [3.63, 3.8) is 0 Å². The number of halogens is 3. The zero-order valence-corrected chi connectivity index (χ0v) is 26.2. The topological polar surface area (TPSA) is 94.7 Å². The number of anilines is 1. The number of nitriles is 1. The van der Waals surface area contributed by atoms with Gasteiger partial charge in [0.25, 0.3) is 11.8 Å². The number of fused-ring (bicyclic) bond motifs is 1. The first-order valence-electron chi connectivity index (χ1n) is 15.2. The fourth-order valence-corrected chi connectivity index (χ4v) is 5.66. The number of piperazine rings is 1. The monoisotopic (exact) mass is 652 g/mol. The Morgan fingerprint density at radius 2 is 1.65 bits per heavy atom. The lowest BCUT2D eigenvalue weighted by atomic mass is 10.1. The van der Waals surface area contributed by atoms with Gasteiger partial charge in [0.1, 0.15) is 11.4 Å². The Hall–Kier alpha value is -5.67. The van der Waals surface area contributed by atoms with E-state index in [1.54, 1.807) is 18.2 Å². The van der Waals surface area contributed by atoms with Gasteiger partial charge in [0.15, 0.2) is 0 Å². The van der Waals surface area contributed by atoms with Crippen molar-refractivity contribution in [1.82, 2.24) is 19.4 Å². The summed E-state index contributed by atoms with van der Waals surface area (Å²) in [4.78, 5) is 36.1. The molecule has 5 aromatic rings. The van der Waals surface area contributed by atoms with E-state index in [1.165, 1.54) is 18.1 Å². The highest BCUT2D eigenvalue weighted by atomic mass is 19.4. The third-order valence-electron chi connectivity index (χ3n) is 8.48. The number of pyridine rings is 1. The average molecular weight is 653 g/mol. The highest BCUT2D eigenvalue weighted by molar-refractivity contribution is 6.05. The largest absolute Gasteiger partial charge is 0.439 e. The summed E-state index contributed by atoms with van der Waals surface area (Å²) in [7, 11) is 3.36. The molecule has 0 atom stereocenters.